The molecule has 2 nitrogen and oxygen atoms in total. The van der Waals surface area contributed by atoms with Gasteiger partial charge in [-0.2, -0.15) is 0 Å². The van der Waals surface area contributed by atoms with Gasteiger partial charge in [0.2, 0.25) is 0 Å². The van der Waals surface area contributed by atoms with Crippen LogP contribution in [0.3, 0.4) is 0 Å². The highest BCUT2D eigenvalue weighted by Crippen LogP contribution is 2.51. The topological polar surface area (TPSA) is 52.0 Å². The van der Waals surface area contributed by atoms with Crippen LogP contribution >= 0.6 is 0 Å². The van der Waals surface area contributed by atoms with Crippen molar-refractivity contribution in [2.75, 3.05) is 0 Å². The van der Waals surface area contributed by atoms with Crippen LogP contribution in [-0.2, 0) is 0 Å². The summed E-state index contributed by atoms with van der Waals surface area (Å²) in [7, 11) is 0. The molecule has 3 aliphatic carbocycles. The van der Waals surface area contributed by atoms with Crippen molar-refractivity contribution < 1.29 is 0 Å². The third-order valence-electron chi connectivity index (χ3n) is 6.90. The fourth-order valence-electron chi connectivity index (χ4n) is 5.82. The summed E-state index contributed by atoms with van der Waals surface area (Å²) >= 11 is 0. The van der Waals surface area contributed by atoms with Gasteiger partial charge in [-0.1, -0.05) is 64.5 Å². The van der Waals surface area contributed by atoms with Gasteiger partial charge < -0.3 is 11.5 Å². The van der Waals surface area contributed by atoms with E-state index in [1.54, 1.807) is 0 Å². The van der Waals surface area contributed by atoms with Gasteiger partial charge in [-0.15, -0.1) is 0 Å². The molecule has 2 heteroatoms. The summed E-state index contributed by atoms with van der Waals surface area (Å²) in [5.41, 5.74) is 16.2. The summed E-state index contributed by atoms with van der Waals surface area (Å²) in [6, 6.07) is 0.0528. The molecule has 0 aromatic heterocycles. The first-order valence-corrected chi connectivity index (χ1v) is 10.5. The Morgan fingerprint density at radius 2 is 1.58 bits per heavy atom. The standard InChI is InChI=1S/C22H38N2/c1-16(2)15-22(18-11-7-4-8-12-18)14-13-19(23)20(21(22)24)17-9-5-3-6-10-17/h13-14,16-19H,3-12,15,23-24H2,1-2H3. The number of rotatable bonds is 4. The zero-order chi connectivity index (χ0) is 17.2. The molecule has 0 aliphatic heterocycles. The number of nitrogens with two attached hydrogens (primary N) is 2. The summed E-state index contributed by atoms with van der Waals surface area (Å²) in [5.74, 6) is 2.02. The van der Waals surface area contributed by atoms with Crippen LogP contribution in [0.15, 0.2) is 23.4 Å². The fourth-order valence-corrected chi connectivity index (χ4v) is 5.82. The van der Waals surface area contributed by atoms with Gasteiger partial charge in [0.25, 0.3) is 0 Å². The van der Waals surface area contributed by atoms with E-state index in [0.717, 1.165) is 5.92 Å². The van der Waals surface area contributed by atoms with Crippen molar-refractivity contribution in [3.05, 3.63) is 23.4 Å². The molecular weight excluding hydrogens is 292 g/mol. The van der Waals surface area contributed by atoms with Gasteiger partial charge in [-0.05, 0) is 55.4 Å². The molecule has 3 aliphatic rings. The van der Waals surface area contributed by atoms with E-state index < -0.39 is 0 Å². The van der Waals surface area contributed by atoms with Gasteiger partial charge >= 0.3 is 0 Å². The molecule has 0 aromatic carbocycles. The summed E-state index contributed by atoms with van der Waals surface area (Å²) in [4.78, 5) is 0. The molecule has 0 spiro atoms. The van der Waals surface area contributed by atoms with Crippen LogP contribution < -0.4 is 11.5 Å². The lowest BCUT2D eigenvalue weighted by atomic mass is 9.59. The van der Waals surface area contributed by atoms with Crippen molar-refractivity contribution in [3.8, 4) is 0 Å². The average Bonchev–Trinajstić information content (AvgIpc) is 2.59. The molecule has 0 bridgehead atoms. The lowest BCUT2D eigenvalue weighted by Crippen LogP contribution is -2.44. The summed E-state index contributed by atoms with van der Waals surface area (Å²) in [5, 5.41) is 0. The van der Waals surface area contributed by atoms with E-state index in [0.29, 0.717) is 11.8 Å². The van der Waals surface area contributed by atoms with Gasteiger partial charge in [-0.3, -0.25) is 0 Å². The Labute approximate surface area is 149 Å². The third-order valence-corrected chi connectivity index (χ3v) is 6.90. The second-order valence-corrected chi connectivity index (χ2v) is 9.06. The molecule has 2 saturated carbocycles. The van der Waals surface area contributed by atoms with Crippen LogP contribution in [0.25, 0.3) is 0 Å². The molecule has 2 fully saturated rings. The first kappa shape index (κ1) is 18.0. The van der Waals surface area contributed by atoms with Crippen LogP contribution in [0.4, 0.5) is 0 Å². The molecule has 0 radical (unpaired) electrons. The van der Waals surface area contributed by atoms with Crippen molar-refractivity contribution >= 4 is 0 Å². The molecule has 0 heterocycles. The monoisotopic (exact) mass is 330 g/mol. The fraction of sp³-hybridized carbons (Fsp3) is 0.818. The first-order valence-electron chi connectivity index (χ1n) is 10.5. The van der Waals surface area contributed by atoms with Gasteiger partial charge in [0.15, 0.2) is 0 Å². The zero-order valence-corrected chi connectivity index (χ0v) is 15.9. The van der Waals surface area contributed by atoms with Crippen molar-refractivity contribution in [2.24, 2.45) is 34.6 Å². The Bertz CT molecular complexity index is 478. The molecule has 3 rings (SSSR count). The molecule has 2 atom stereocenters. The Balaban J connectivity index is 1.98. The second-order valence-electron chi connectivity index (χ2n) is 9.06. The lowest BCUT2D eigenvalue weighted by Gasteiger charge is -2.47. The highest BCUT2D eigenvalue weighted by Gasteiger charge is 2.44. The summed E-state index contributed by atoms with van der Waals surface area (Å²) in [6.45, 7) is 4.70. The Kier molecular flexibility index (Phi) is 5.74. The SMILES string of the molecule is CC(C)CC1(C2CCCCC2)C=CC(N)C(C2CCCCC2)=C1N. The lowest BCUT2D eigenvalue weighted by molar-refractivity contribution is 0.168. The van der Waals surface area contributed by atoms with Gasteiger partial charge in [0.1, 0.15) is 0 Å². The third kappa shape index (κ3) is 3.45. The Hall–Kier alpha value is -0.760. The van der Waals surface area contributed by atoms with Gasteiger partial charge in [0, 0.05) is 17.2 Å². The summed E-state index contributed by atoms with van der Waals surface area (Å²) < 4.78 is 0. The van der Waals surface area contributed by atoms with Crippen molar-refractivity contribution in [2.45, 2.75) is 90.5 Å². The molecule has 4 N–H and O–H groups in total. The van der Waals surface area contributed by atoms with E-state index in [-0.39, 0.29) is 11.5 Å². The van der Waals surface area contributed by atoms with E-state index in [1.807, 2.05) is 0 Å². The molecule has 136 valence electrons. The predicted molar refractivity (Wildman–Crippen MR) is 103 cm³/mol. The highest BCUT2D eigenvalue weighted by molar-refractivity contribution is 5.39. The maximum atomic E-state index is 7.01. The number of hydrogen-bond donors (Lipinski definition) is 2. The maximum absolute atomic E-state index is 7.01. The first-order chi connectivity index (χ1) is 11.5. The van der Waals surface area contributed by atoms with Gasteiger partial charge in [0.05, 0.1) is 0 Å². The van der Waals surface area contributed by atoms with Crippen LogP contribution in [0.5, 0.6) is 0 Å². The van der Waals surface area contributed by atoms with Gasteiger partial charge in [-0.25, -0.2) is 0 Å². The zero-order valence-electron chi connectivity index (χ0n) is 15.9. The van der Waals surface area contributed by atoms with Crippen LogP contribution in [0.2, 0.25) is 0 Å². The van der Waals surface area contributed by atoms with E-state index in [1.165, 1.54) is 81.9 Å². The highest BCUT2D eigenvalue weighted by atomic mass is 14.7. The van der Waals surface area contributed by atoms with E-state index in [2.05, 4.69) is 26.0 Å². The largest absolute Gasteiger partial charge is 0.401 e. The Morgan fingerprint density at radius 3 is 2.17 bits per heavy atom. The molecule has 0 saturated heterocycles. The molecule has 24 heavy (non-hydrogen) atoms. The van der Waals surface area contributed by atoms with Crippen molar-refractivity contribution in [1.29, 1.82) is 0 Å². The van der Waals surface area contributed by atoms with E-state index >= 15 is 0 Å². The molecule has 2 unspecified atom stereocenters. The second kappa shape index (κ2) is 7.64. The smallest absolute Gasteiger partial charge is 0.0463 e. The number of hydrogen-bond acceptors (Lipinski definition) is 2. The Morgan fingerprint density at radius 1 is 1.00 bits per heavy atom. The maximum Gasteiger partial charge on any atom is 0.0463 e. The quantitative estimate of drug-likeness (QED) is 0.688. The minimum Gasteiger partial charge on any atom is -0.401 e. The van der Waals surface area contributed by atoms with Crippen LogP contribution in [-0.4, -0.2) is 6.04 Å². The van der Waals surface area contributed by atoms with E-state index in [4.69, 9.17) is 11.5 Å². The van der Waals surface area contributed by atoms with Crippen LogP contribution in [0.1, 0.15) is 84.5 Å². The average molecular weight is 331 g/mol. The molecule has 0 aromatic rings. The van der Waals surface area contributed by atoms with Crippen molar-refractivity contribution in [1.82, 2.24) is 0 Å². The molecule has 0 amide bonds. The van der Waals surface area contributed by atoms with Crippen LogP contribution in [0, 0.1) is 23.2 Å². The number of allylic oxidation sites excluding steroid dienone is 1. The summed E-state index contributed by atoms with van der Waals surface area (Å²) in [6.07, 6.45) is 19.4. The van der Waals surface area contributed by atoms with Crippen molar-refractivity contribution in [3.63, 3.8) is 0 Å². The van der Waals surface area contributed by atoms with E-state index in [9.17, 15) is 0 Å². The predicted octanol–water partition coefficient (Wildman–Crippen LogP) is 5.29. The minimum absolute atomic E-state index is 0.0528. The molecular formula is C22H38N2. The normalized spacial score (nSPS) is 33.4. The minimum atomic E-state index is 0.0528.